The minimum absolute atomic E-state index is 0.0437. The monoisotopic (exact) mass is 274 g/mol. The summed E-state index contributed by atoms with van der Waals surface area (Å²) in [6.07, 6.45) is -9.50. The highest BCUT2D eigenvalue weighted by Gasteiger charge is 2.42. The molecule has 9 heteroatoms. The minimum atomic E-state index is -5.24. The van der Waals surface area contributed by atoms with E-state index in [1.807, 2.05) is 0 Å². The fourth-order valence-electron chi connectivity index (χ4n) is 1.27. The highest BCUT2D eigenvalue weighted by molar-refractivity contribution is 5.42. The predicted molar refractivity (Wildman–Crippen MR) is 48.6 cm³/mol. The van der Waals surface area contributed by atoms with E-state index in [1.54, 1.807) is 0 Å². The Labute approximate surface area is 97.6 Å². The molecule has 0 aliphatic rings. The molecule has 0 bridgehead atoms. The molecule has 0 fully saturated rings. The molecular weight excluding hydrogens is 266 g/mol. The summed E-state index contributed by atoms with van der Waals surface area (Å²) in [6, 6.07) is 0. The van der Waals surface area contributed by atoms with Gasteiger partial charge in [-0.1, -0.05) is 0 Å². The van der Waals surface area contributed by atoms with Crippen molar-refractivity contribution in [2.24, 2.45) is 5.73 Å². The number of rotatable bonds is 2. The van der Waals surface area contributed by atoms with Gasteiger partial charge in [0.05, 0.1) is 0 Å². The van der Waals surface area contributed by atoms with Gasteiger partial charge in [0.15, 0.2) is 11.4 Å². The summed E-state index contributed by atoms with van der Waals surface area (Å²) in [6.45, 7) is 0.811. The molecule has 102 valence electrons. The lowest BCUT2D eigenvalue weighted by molar-refractivity contribution is -0.276. The molecule has 0 amide bonds. The Morgan fingerprint density at radius 3 is 2.17 bits per heavy atom. The molecule has 0 atom stereocenters. The maximum Gasteiger partial charge on any atom is 0.573 e. The van der Waals surface area contributed by atoms with E-state index in [2.05, 4.69) is 9.72 Å². The van der Waals surface area contributed by atoms with E-state index in [4.69, 9.17) is 5.73 Å². The smallest absolute Gasteiger partial charge is 0.403 e. The van der Waals surface area contributed by atoms with Crippen molar-refractivity contribution in [3.05, 3.63) is 23.0 Å². The van der Waals surface area contributed by atoms with E-state index in [-0.39, 0.29) is 17.7 Å². The normalized spacial score (nSPS) is 12.7. The molecule has 3 nitrogen and oxygen atoms in total. The molecule has 0 saturated carbocycles. The van der Waals surface area contributed by atoms with Gasteiger partial charge in [-0.05, 0) is 18.1 Å². The van der Waals surface area contributed by atoms with Crippen LogP contribution in [-0.4, -0.2) is 11.3 Å². The summed E-state index contributed by atoms with van der Waals surface area (Å²) in [7, 11) is 0. The fourth-order valence-corrected chi connectivity index (χ4v) is 1.27. The van der Waals surface area contributed by atoms with Gasteiger partial charge in [0.2, 0.25) is 0 Å². The summed E-state index contributed by atoms with van der Waals surface area (Å²) >= 11 is 0. The number of ether oxygens (including phenoxy) is 1. The van der Waals surface area contributed by atoms with Crippen molar-refractivity contribution in [2.45, 2.75) is 26.0 Å². The van der Waals surface area contributed by atoms with Crippen LogP contribution in [0.4, 0.5) is 26.3 Å². The fraction of sp³-hybridized carbons (Fsp3) is 0.444. The van der Waals surface area contributed by atoms with Gasteiger partial charge < -0.3 is 10.5 Å². The molecule has 0 unspecified atom stereocenters. The van der Waals surface area contributed by atoms with Gasteiger partial charge in [-0.3, -0.25) is 0 Å². The standard InChI is InChI=1S/C9H8F6N2O/c1-4-5(2-16)3-17-7(8(10,11)12)6(4)18-9(13,14)15/h3H,2,16H2,1H3. The van der Waals surface area contributed by atoms with Gasteiger partial charge in [0.1, 0.15) is 0 Å². The Kier molecular flexibility index (Phi) is 3.75. The third-order valence-corrected chi connectivity index (χ3v) is 2.09. The van der Waals surface area contributed by atoms with Crippen LogP contribution in [0.2, 0.25) is 0 Å². The second kappa shape index (κ2) is 4.63. The number of aromatic nitrogens is 1. The number of alkyl halides is 6. The molecule has 1 aromatic heterocycles. The highest BCUT2D eigenvalue weighted by atomic mass is 19.4. The first-order chi connectivity index (χ1) is 8.06. The van der Waals surface area contributed by atoms with Crippen LogP contribution in [-0.2, 0) is 12.7 Å². The summed E-state index contributed by atoms with van der Waals surface area (Å²) in [5, 5.41) is 0. The SMILES string of the molecule is Cc1c(CN)cnc(C(F)(F)F)c1OC(F)(F)F. The average molecular weight is 274 g/mol. The minimum Gasteiger partial charge on any atom is -0.403 e. The van der Waals surface area contributed by atoms with Crippen LogP contribution < -0.4 is 10.5 Å². The maximum absolute atomic E-state index is 12.5. The Bertz CT molecular complexity index is 440. The largest absolute Gasteiger partial charge is 0.573 e. The number of nitrogens with two attached hydrogens (primary N) is 1. The lowest BCUT2D eigenvalue weighted by atomic mass is 10.1. The quantitative estimate of drug-likeness (QED) is 0.843. The van der Waals surface area contributed by atoms with E-state index < -0.39 is 24.0 Å². The molecule has 1 heterocycles. The van der Waals surface area contributed by atoms with E-state index in [0.29, 0.717) is 0 Å². The highest BCUT2D eigenvalue weighted by Crippen LogP contribution is 2.39. The molecule has 18 heavy (non-hydrogen) atoms. The number of hydrogen-bond acceptors (Lipinski definition) is 3. The van der Waals surface area contributed by atoms with Gasteiger partial charge in [0, 0.05) is 12.7 Å². The summed E-state index contributed by atoms with van der Waals surface area (Å²) in [5.74, 6) is -1.36. The topological polar surface area (TPSA) is 48.1 Å². The molecule has 0 aromatic carbocycles. The third kappa shape index (κ3) is 3.25. The van der Waals surface area contributed by atoms with Crippen LogP contribution >= 0.6 is 0 Å². The second-order valence-electron chi connectivity index (χ2n) is 3.34. The van der Waals surface area contributed by atoms with Gasteiger partial charge >= 0.3 is 12.5 Å². The van der Waals surface area contributed by atoms with Crippen LogP contribution in [0, 0.1) is 6.92 Å². The Balaban J connectivity index is 3.41. The van der Waals surface area contributed by atoms with Crippen molar-refractivity contribution in [3.63, 3.8) is 0 Å². The average Bonchev–Trinajstić information content (AvgIpc) is 2.17. The third-order valence-electron chi connectivity index (χ3n) is 2.09. The van der Waals surface area contributed by atoms with Crippen molar-refractivity contribution in [2.75, 3.05) is 0 Å². The lowest BCUT2D eigenvalue weighted by Gasteiger charge is -2.18. The van der Waals surface area contributed by atoms with Crippen molar-refractivity contribution < 1.29 is 31.1 Å². The van der Waals surface area contributed by atoms with Crippen LogP contribution in [0.25, 0.3) is 0 Å². The van der Waals surface area contributed by atoms with E-state index in [9.17, 15) is 26.3 Å². The Morgan fingerprint density at radius 1 is 1.22 bits per heavy atom. The Hall–Kier alpha value is -1.51. The molecule has 1 aromatic rings. The Morgan fingerprint density at radius 2 is 1.78 bits per heavy atom. The molecule has 2 N–H and O–H groups in total. The van der Waals surface area contributed by atoms with Crippen molar-refractivity contribution >= 4 is 0 Å². The van der Waals surface area contributed by atoms with Crippen molar-refractivity contribution in [1.29, 1.82) is 0 Å². The maximum atomic E-state index is 12.5. The van der Waals surface area contributed by atoms with Crippen LogP contribution in [0.5, 0.6) is 5.75 Å². The number of halogens is 6. The molecular formula is C9H8F6N2O. The summed E-state index contributed by atoms with van der Waals surface area (Å²) in [5.41, 5.74) is 3.16. The first-order valence-corrected chi connectivity index (χ1v) is 4.57. The molecule has 0 saturated heterocycles. The van der Waals surface area contributed by atoms with Crippen LogP contribution in [0.1, 0.15) is 16.8 Å². The zero-order valence-corrected chi connectivity index (χ0v) is 8.99. The van der Waals surface area contributed by atoms with E-state index in [1.165, 1.54) is 0 Å². The number of pyridine rings is 1. The zero-order valence-electron chi connectivity index (χ0n) is 8.99. The van der Waals surface area contributed by atoms with Gasteiger partial charge in [0.25, 0.3) is 0 Å². The van der Waals surface area contributed by atoms with Crippen LogP contribution in [0.15, 0.2) is 6.20 Å². The van der Waals surface area contributed by atoms with Crippen molar-refractivity contribution in [1.82, 2.24) is 4.98 Å². The molecule has 0 radical (unpaired) electrons. The first kappa shape index (κ1) is 14.6. The number of hydrogen-bond donors (Lipinski definition) is 1. The van der Waals surface area contributed by atoms with Gasteiger partial charge in [-0.25, -0.2) is 4.98 Å². The molecule has 0 aliphatic carbocycles. The van der Waals surface area contributed by atoms with Gasteiger partial charge in [-0.2, -0.15) is 13.2 Å². The summed E-state index contributed by atoms with van der Waals surface area (Å²) in [4.78, 5) is 2.94. The second-order valence-corrected chi connectivity index (χ2v) is 3.34. The van der Waals surface area contributed by atoms with E-state index >= 15 is 0 Å². The number of nitrogens with zero attached hydrogens (tertiary/aromatic N) is 1. The van der Waals surface area contributed by atoms with Gasteiger partial charge in [-0.15, -0.1) is 13.2 Å². The first-order valence-electron chi connectivity index (χ1n) is 4.57. The summed E-state index contributed by atoms with van der Waals surface area (Å²) < 4.78 is 77.1. The van der Waals surface area contributed by atoms with E-state index in [0.717, 1.165) is 13.1 Å². The molecule has 0 aliphatic heterocycles. The molecule has 1 rings (SSSR count). The lowest BCUT2D eigenvalue weighted by Crippen LogP contribution is -2.22. The predicted octanol–water partition coefficient (Wildman–Crippen LogP) is 2.77. The molecule has 0 spiro atoms. The van der Waals surface area contributed by atoms with Crippen LogP contribution in [0.3, 0.4) is 0 Å². The van der Waals surface area contributed by atoms with Crippen molar-refractivity contribution in [3.8, 4) is 5.75 Å². The zero-order chi connectivity index (χ0) is 14.1.